The lowest BCUT2D eigenvalue weighted by atomic mass is 10.1. The molecule has 0 rings (SSSR count). The van der Waals surface area contributed by atoms with E-state index in [0.29, 0.717) is 5.92 Å². The van der Waals surface area contributed by atoms with E-state index in [1.165, 1.54) is 135 Å². The average molecular weight is 454 g/mol. The zero-order valence-corrected chi connectivity index (χ0v) is 23.5. The Morgan fingerprint density at radius 1 is 0.531 bits per heavy atom. The Kier molecular flexibility index (Phi) is 30.3. The lowest BCUT2D eigenvalue weighted by molar-refractivity contribution is -0.117. The first-order valence-electron chi connectivity index (χ1n) is 14.7. The second-order valence-electron chi connectivity index (χ2n) is 10.4. The van der Waals surface area contributed by atoms with Crippen LogP contribution in [0.15, 0.2) is 0 Å². The van der Waals surface area contributed by atoms with Crippen LogP contribution in [0.5, 0.6) is 0 Å². The Hall–Kier alpha value is -0.370. The van der Waals surface area contributed by atoms with Gasteiger partial charge in [-0.25, -0.2) is 0 Å². The quantitative estimate of drug-likeness (QED) is 0.143. The second-order valence-corrected chi connectivity index (χ2v) is 10.4. The summed E-state index contributed by atoms with van der Waals surface area (Å²) in [5.74, 6) is 0.813. The predicted molar refractivity (Wildman–Crippen MR) is 147 cm³/mol. The van der Waals surface area contributed by atoms with Crippen molar-refractivity contribution in [2.24, 2.45) is 5.92 Å². The minimum absolute atomic E-state index is 0.287. The molecular weight excluding hydrogens is 390 g/mol. The van der Waals surface area contributed by atoms with Gasteiger partial charge >= 0.3 is 0 Å². The van der Waals surface area contributed by atoms with Gasteiger partial charge in [-0.05, 0) is 51.7 Å². The molecule has 2 heteroatoms. The van der Waals surface area contributed by atoms with Crippen LogP contribution in [0.1, 0.15) is 164 Å². The Morgan fingerprint density at radius 2 is 0.812 bits per heavy atom. The van der Waals surface area contributed by atoms with Crippen LogP contribution in [0.3, 0.4) is 0 Å². The van der Waals surface area contributed by atoms with Crippen molar-refractivity contribution in [3.8, 4) is 0 Å². The van der Waals surface area contributed by atoms with Crippen molar-refractivity contribution in [1.29, 1.82) is 0 Å². The van der Waals surface area contributed by atoms with Gasteiger partial charge in [0.15, 0.2) is 0 Å². The Balaban J connectivity index is 0. The van der Waals surface area contributed by atoms with Gasteiger partial charge < -0.3 is 9.69 Å². The molecule has 0 saturated carbocycles. The van der Waals surface area contributed by atoms with Gasteiger partial charge in [0.25, 0.3) is 0 Å². The maximum Gasteiger partial charge on any atom is 0.130 e. The van der Waals surface area contributed by atoms with E-state index in [1.807, 2.05) is 13.8 Å². The number of rotatable bonds is 23. The van der Waals surface area contributed by atoms with Crippen LogP contribution in [0.2, 0.25) is 0 Å². The largest absolute Gasteiger partial charge is 0.303 e. The van der Waals surface area contributed by atoms with E-state index in [0.717, 1.165) is 6.42 Å². The average Bonchev–Trinajstić information content (AvgIpc) is 2.74. The van der Waals surface area contributed by atoms with Crippen LogP contribution in [-0.4, -0.2) is 30.3 Å². The molecule has 32 heavy (non-hydrogen) atoms. The first kappa shape index (κ1) is 33.8. The van der Waals surface area contributed by atoms with E-state index in [1.54, 1.807) is 6.92 Å². The van der Waals surface area contributed by atoms with Crippen LogP contribution in [0, 0.1) is 5.92 Å². The van der Waals surface area contributed by atoms with Crippen molar-refractivity contribution in [3.63, 3.8) is 0 Å². The fourth-order valence-corrected chi connectivity index (χ4v) is 4.26. The Bertz CT molecular complexity index is 315. The van der Waals surface area contributed by atoms with E-state index in [4.69, 9.17) is 0 Å². The molecule has 2 nitrogen and oxygen atoms in total. The van der Waals surface area contributed by atoms with Crippen LogP contribution in [0.25, 0.3) is 0 Å². The molecule has 0 atom stereocenters. The van der Waals surface area contributed by atoms with E-state index in [-0.39, 0.29) is 5.78 Å². The fourth-order valence-electron chi connectivity index (χ4n) is 4.26. The summed E-state index contributed by atoms with van der Waals surface area (Å²) in [6.07, 6.45) is 26.4. The van der Waals surface area contributed by atoms with Crippen molar-refractivity contribution in [2.45, 2.75) is 164 Å². The second kappa shape index (κ2) is 28.7. The highest BCUT2D eigenvalue weighted by atomic mass is 16.1. The molecule has 0 radical (unpaired) electrons. The van der Waals surface area contributed by atoms with Gasteiger partial charge in [0.1, 0.15) is 5.78 Å². The third kappa shape index (κ3) is 31.8. The molecule has 0 aromatic carbocycles. The summed E-state index contributed by atoms with van der Waals surface area (Å²) >= 11 is 0. The van der Waals surface area contributed by atoms with Crippen molar-refractivity contribution in [2.75, 3.05) is 19.6 Å². The van der Waals surface area contributed by atoms with Gasteiger partial charge in [0.05, 0.1) is 0 Å². The highest BCUT2D eigenvalue weighted by molar-refractivity contribution is 5.75. The molecule has 0 amide bonds. The zero-order valence-electron chi connectivity index (χ0n) is 23.5. The zero-order chi connectivity index (χ0) is 24.3. The molecule has 194 valence electrons. The minimum atomic E-state index is 0.287. The van der Waals surface area contributed by atoms with E-state index >= 15 is 0 Å². The Labute approximate surface area is 204 Å². The lowest BCUT2D eigenvalue weighted by Crippen LogP contribution is -2.27. The summed E-state index contributed by atoms with van der Waals surface area (Å²) in [7, 11) is 0. The first-order chi connectivity index (χ1) is 15.5. The summed E-state index contributed by atoms with van der Waals surface area (Å²) < 4.78 is 0. The number of ketones is 1. The minimum Gasteiger partial charge on any atom is -0.303 e. The predicted octanol–water partition coefficient (Wildman–Crippen LogP) is 9.99. The fraction of sp³-hybridized carbons (Fsp3) is 0.967. The smallest absolute Gasteiger partial charge is 0.130 e. The van der Waals surface area contributed by atoms with Crippen molar-refractivity contribution < 1.29 is 4.79 Å². The monoisotopic (exact) mass is 453 g/mol. The molecule has 0 saturated heterocycles. The number of Topliss-reactive ketones (excluding diaryl/α,β-unsaturated/α-hetero) is 1. The maximum absolute atomic E-state index is 10.3. The number of hydrogen-bond acceptors (Lipinski definition) is 2. The highest BCUT2D eigenvalue weighted by Crippen LogP contribution is 2.11. The number of unbranched alkanes of at least 4 members (excludes halogenated alkanes) is 15. The molecule has 0 aromatic rings. The summed E-state index contributed by atoms with van der Waals surface area (Å²) in [5.41, 5.74) is 0. The molecule has 0 bridgehead atoms. The van der Waals surface area contributed by atoms with Gasteiger partial charge in [0, 0.05) is 6.42 Å². The van der Waals surface area contributed by atoms with Gasteiger partial charge in [-0.1, -0.05) is 131 Å². The van der Waals surface area contributed by atoms with E-state index < -0.39 is 0 Å². The molecule has 0 heterocycles. The lowest BCUT2D eigenvalue weighted by Gasteiger charge is -2.22. The van der Waals surface area contributed by atoms with Gasteiger partial charge in [0.2, 0.25) is 0 Å². The molecule has 0 aliphatic rings. The summed E-state index contributed by atoms with van der Waals surface area (Å²) in [6, 6.07) is 0. The van der Waals surface area contributed by atoms with Gasteiger partial charge in [-0.3, -0.25) is 0 Å². The van der Waals surface area contributed by atoms with Crippen molar-refractivity contribution in [3.05, 3.63) is 0 Å². The highest BCUT2D eigenvalue weighted by Gasteiger charge is 2.05. The summed E-state index contributed by atoms with van der Waals surface area (Å²) in [5, 5.41) is 0. The maximum atomic E-state index is 10.3. The van der Waals surface area contributed by atoms with Crippen LogP contribution in [-0.2, 0) is 4.79 Å². The molecule has 0 spiro atoms. The molecule has 0 aliphatic heterocycles. The number of hydrogen-bond donors (Lipinski definition) is 0. The van der Waals surface area contributed by atoms with Crippen LogP contribution >= 0.6 is 0 Å². The van der Waals surface area contributed by atoms with Crippen LogP contribution in [0.4, 0.5) is 0 Å². The molecule has 0 fully saturated rings. The topological polar surface area (TPSA) is 20.3 Å². The number of carbonyl (C=O) groups is 1. The van der Waals surface area contributed by atoms with Crippen molar-refractivity contribution >= 4 is 5.78 Å². The van der Waals surface area contributed by atoms with Gasteiger partial charge in [-0.2, -0.15) is 0 Å². The molecule has 0 aliphatic carbocycles. The molecule has 0 unspecified atom stereocenters. The molecule has 0 N–H and O–H groups in total. The third-order valence-corrected chi connectivity index (χ3v) is 6.18. The number of carbonyl (C=O) groups excluding carboxylic acids is 1. The van der Waals surface area contributed by atoms with Crippen LogP contribution < -0.4 is 0 Å². The SMILES string of the molecule is CC(=O)CC(C)C.CCCCCCCCN(CCCCCCCC)CCCCCCCC. The van der Waals surface area contributed by atoms with E-state index in [2.05, 4.69) is 25.7 Å². The normalized spacial score (nSPS) is 11.1. The molecule has 0 aromatic heterocycles. The summed E-state index contributed by atoms with van der Waals surface area (Å²) in [6.45, 7) is 16.7. The van der Waals surface area contributed by atoms with Gasteiger partial charge in [-0.15, -0.1) is 0 Å². The third-order valence-electron chi connectivity index (χ3n) is 6.18. The standard InChI is InChI=1S/C24H51N.C6H12O/c1-4-7-10-13-16-19-22-25(23-20-17-14-11-8-5-2)24-21-18-15-12-9-6-3;1-5(2)4-6(3)7/h4-24H2,1-3H3;5H,4H2,1-3H3. The first-order valence-corrected chi connectivity index (χ1v) is 14.7. The van der Waals surface area contributed by atoms with E-state index in [9.17, 15) is 4.79 Å². The number of nitrogens with zero attached hydrogens (tertiary/aromatic N) is 1. The summed E-state index contributed by atoms with van der Waals surface area (Å²) in [4.78, 5) is 13.0. The Morgan fingerprint density at radius 3 is 1.03 bits per heavy atom. The van der Waals surface area contributed by atoms with Crippen molar-refractivity contribution in [1.82, 2.24) is 4.90 Å². The molecular formula is C30H63NO.